The van der Waals surface area contributed by atoms with Gasteiger partial charge in [-0.15, -0.1) is 6.58 Å². The van der Waals surface area contributed by atoms with Crippen LogP contribution in [0.4, 0.5) is 11.5 Å². The topological polar surface area (TPSA) is 77.3 Å². The first-order valence-corrected chi connectivity index (χ1v) is 5.27. The molecule has 0 amide bonds. The molecule has 0 saturated carbocycles. The number of nitrogens with one attached hydrogen (secondary N) is 1. The molecule has 0 bridgehead atoms. The zero-order chi connectivity index (χ0) is 12.5. The Balaban J connectivity index is 2.36. The van der Waals surface area contributed by atoms with E-state index >= 15 is 0 Å². The van der Waals surface area contributed by atoms with Crippen LogP contribution in [0.2, 0.25) is 0 Å². The van der Waals surface area contributed by atoms with E-state index in [1.165, 1.54) is 18.3 Å². The quantitative estimate of drug-likeness (QED) is 0.324. The summed E-state index contributed by atoms with van der Waals surface area (Å²) < 4.78 is 5.26. The Hall–Kier alpha value is -1.95. The summed E-state index contributed by atoms with van der Waals surface area (Å²) in [5.41, 5.74) is -0.0291. The van der Waals surface area contributed by atoms with Crippen LogP contribution < -0.4 is 5.32 Å². The van der Waals surface area contributed by atoms with E-state index in [9.17, 15) is 10.1 Å². The maximum atomic E-state index is 10.7. The highest BCUT2D eigenvalue weighted by Crippen LogP contribution is 2.19. The second-order valence-electron chi connectivity index (χ2n) is 3.24. The molecule has 1 heterocycles. The molecule has 17 heavy (non-hydrogen) atoms. The van der Waals surface area contributed by atoms with Gasteiger partial charge in [0.05, 0.1) is 18.1 Å². The fourth-order valence-corrected chi connectivity index (χ4v) is 1.19. The molecule has 1 rings (SSSR count). The van der Waals surface area contributed by atoms with E-state index in [1.54, 1.807) is 6.08 Å². The third-order valence-corrected chi connectivity index (χ3v) is 1.99. The van der Waals surface area contributed by atoms with Crippen LogP contribution in [0.1, 0.15) is 6.42 Å². The number of ether oxygens (including phenoxy) is 1. The molecule has 0 aromatic carbocycles. The SMILES string of the molecule is C=CCCOCCNc1ncccc1[N+](=O)[O-]. The Labute approximate surface area is 99.5 Å². The lowest BCUT2D eigenvalue weighted by Gasteiger charge is -2.06. The molecular weight excluding hydrogens is 222 g/mol. The highest BCUT2D eigenvalue weighted by atomic mass is 16.6. The average molecular weight is 237 g/mol. The van der Waals surface area contributed by atoms with Crippen molar-refractivity contribution in [2.75, 3.05) is 25.1 Å². The van der Waals surface area contributed by atoms with E-state index in [0.29, 0.717) is 19.8 Å². The summed E-state index contributed by atoms with van der Waals surface area (Å²) >= 11 is 0. The molecular formula is C11H15N3O3. The minimum atomic E-state index is -0.464. The van der Waals surface area contributed by atoms with Gasteiger partial charge in [0.2, 0.25) is 5.82 Å². The van der Waals surface area contributed by atoms with Gasteiger partial charge in [0.25, 0.3) is 0 Å². The Morgan fingerprint density at radius 2 is 2.41 bits per heavy atom. The van der Waals surface area contributed by atoms with Crippen LogP contribution in [0.15, 0.2) is 31.0 Å². The highest BCUT2D eigenvalue weighted by molar-refractivity contribution is 5.54. The molecule has 1 aromatic heterocycles. The lowest BCUT2D eigenvalue weighted by Crippen LogP contribution is -2.12. The predicted molar refractivity (Wildman–Crippen MR) is 65.0 cm³/mol. The molecule has 6 nitrogen and oxygen atoms in total. The van der Waals surface area contributed by atoms with Gasteiger partial charge in [0.15, 0.2) is 0 Å². The second-order valence-corrected chi connectivity index (χ2v) is 3.24. The number of rotatable bonds is 8. The van der Waals surface area contributed by atoms with Crippen LogP contribution in [0, 0.1) is 10.1 Å². The van der Waals surface area contributed by atoms with Crippen molar-refractivity contribution >= 4 is 11.5 Å². The van der Waals surface area contributed by atoms with Gasteiger partial charge >= 0.3 is 5.69 Å². The number of hydrogen-bond acceptors (Lipinski definition) is 5. The lowest BCUT2D eigenvalue weighted by atomic mass is 10.4. The van der Waals surface area contributed by atoms with Crippen LogP contribution in [0.25, 0.3) is 0 Å². The Morgan fingerprint density at radius 3 is 3.12 bits per heavy atom. The van der Waals surface area contributed by atoms with Crippen molar-refractivity contribution in [1.82, 2.24) is 4.98 Å². The van der Waals surface area contributed by atoms with Gasteiger partial charge in [0.1, 0.15) is 0 Å². The predicted octanol–water partition coefficient (Wildman–Crippen LogP) is 1.99. The van der Waals surface area contributed by atoms with Gasteiger partial charge in [-0.3, -0.25) is 10.1 Å². The van der Waals surface area contributed by atoms with Gasteiger partial charge < -0.3 is 10.1 Å². The highest BCUT2D eigenvalue weighted by Gasteiger charge is 2.12. The van der Waals surface area contributed by atoms with E-state index in [0.717, 1.165) is 6.42 Å². The second kappa shape index (κ2) is 7.34. The summed E-state index contributed by atoms with van der Waals surface area (Å²) in [6, 6.07) is 2.94. The van der Waals surface area contributed by atoms with E-state index in [4.69, 9.17) is 4.74 Å². The zero-order valence-electron chi connectivity index (χ0n) is 9.46. The Kier molecular flexibility index (Phi) is 5.67. The van der Waals surface area contributed by atoms with Crippen molar-refractivity contribution in [2.45, 2.75) is 6.42 Å². The number of pyridine rings is 1. The largest absolute Gasteiger partial charge is 0.379 e. The first-order valence-electron chi connectivity index (χ1n) is 5.27. The lowest BCUT2D eigenvalue weighted by molar-refractivity contribution is -0.384. The van der Waals surface area contributed by atoms with Crippen molar-refractivity contribution in [3.63, 3.8) is 0 Å². The smallest absolute Gasteiger partial charge is 0.311 e. The normalized spacial score (nSPS) is 9.88. The van der Waals surface area contributed by atoms with Crippen LogP contribution >= 0.6 is 0 Å². The zero-order valence-corrected chi connectivity index (χ0v) is 9.46. The summed E-state index contributed by atoms with van der Waals surface area (Å²) in [5, 5.41) is 13.5. The minimum Gasteiger partial charge on any atom is -0.379 e. The van der Waals surface area contributed by atoms with E-state index < -0.39 is 4.92 Å². The first-order chi connectivity index (χ1) is 8.25. The maximum absolute atomic E-state index is 10.7. The molecule has 0 aliphatic rings. The van der Waals surface area contributed by atoms with Crippen molar-refractivity contribution in [1.29, 1.82) is 0 Å². The minimum absolute atomic E-state index is 0.0291. The van der Waals surface area contributed by atoms with Crippen molar-refractivity contribution < 1.29 is 9.66 Å². The fraction of sp³-hybridized carbons (Fsp3) is 0.364. The Morgan fingerprint density at radius 1 is 1.59 bits per heavy atom. The van der Waals surface area contributed by atoms with Gasteiger partial charge in [-0.25, -0.2) is 4.98 Å². The van der Waals surface area contributed by atoms with Crippen LogP contribution in [-0.4, -0.2) is 29.7 Å². The molecule has 0 saturated heterocycles. The van der Waals surface area contributed by atoms with Crippen molar-refractivity contribution in [3.05, 3.63) is 41.1 Å². The summed E-state index contributed by atoms with van der Waals surface area (Å²) in [5.74, 6) is 0.268. The molecule has 0 spiro atoms. The summed E-state index contributed by atoms with van der Waals surface area (Å²) in [4.78, 5) is 14.1. The number of nitro groups is 1. The average Bonchev–Trinajstić information content (AvgIpc) is 2.34. The molecule has 0 fully saturated rings. The molecule has 1 aromatic rings. The first kappa shape index (κ1) is 13.1. The third-order valence-electron chi connectivity index (χ3n) is 1.99. The molecule has 92 valence electrons. The molecule has 0 radical (unpaired) electrons. The fourth-order valence-electron chi connectivity index (χ4n) is 1.19. The summed E-state index contributed by atoms with van der Waals surface area (Å²) in [6.07, 6.45) is 4.08. The van der Waals surface area contributed by atoms with Crippen LogP contribution in [-0.2, 0) is 4.74 Å². The number of aromatic nitrogens is 1. The van der Waals surface area contributed by atoms with E-state index in [-0.39, 0.29) is 11.5 Å². The van der Waals surface area contributed by atoms with Crippen LogP contribution in [0.5, 0.6) is 0 Å². The number of anilines is 1. The summed E-state index contributed by atoms with van der Waals surface area (Å²) in [6.45, 7) is 5.14. The van der Waals surface area contributed by atoms with E-state index in [1.807, 2.05) is 0 Å². The van der Waals surface area contributed by atoms with Crippen molar-refractivity contribution in [3.8, 4) is 0 Å². The molecule has 0 unspecified atom stereocenters. The number of hydrogen-bond donors (Lipinski definition) is 1. The monoisotopic (exact) mass is 237 g/mol. The van der Waals surface area contributed by atoms with Crippen LogP contribution in [0.3, 0.4) is 0 Å². The molecule has 0 atom stereocenters. The number of nitrogens with zero attached hydrogens (tertiary/aromatic N) is 2. The molecule has 6 heteroatoms. The molecule has 1 N–H and O–H groups in total. The molecule has 0 aliphatic heterocycles. The maximum Gasteiger partial charge on any atom is 0.311 e. The summed E-state index contributed by atoms with van der Waals surface area (Å²) in [7, 11) is 0. The molecule has 0 aliphatic carbocycles. The van der Waals surface area contributed by atoms with Gasteiger partial charge in [-0.2, -0.15) is 0 Å². The standard InChI is InChI=1S/C11H15N3O3/c1-2-3-8-17-9-7-13-11-10(14(15)16)5-4-6-12-11/h2,4-6H,1,3,7-9H2,(H,12,13). The van der Waals surface area contributed by atoms with Crippen molar-refractivity contribution in [2.24, 2.45) is 0 Å². The van der Waals surface area contributed by atoms with E-state index in [2.05, 4.69) is 16.9 Å². The van der Waals surface area contributed by atoms with Gasteiger partial charge in [-0.05, 0) is 12.5 Å². The van der Waals surface area contributed by atoms with Gasteiger partial charge in [0, 0.05) is 18.8 Å². The Bertz CT molecular complexity index is 382. The third kappa shape index (κ3) is 4.60. The van der Waals surface area contributed by atoms with Gasteiger partial charge in [-0.1, -0.05) is 6.08 Å².